The van der Waals surface area contributed by atoms with Crippen molar-refractivity contribution < 1.29 is 13.5 Å². The van der Waals surface area contributed by atoms with Gasteiger partial charge in [-0.2, -0.15) is 0 Å². The van der Waals surface area contributed by atoms with Gasteiger partial charge < -0.3 is 10.4 Å². The zero-order valence-electron chi connectivity index (χ0n) is 12.5. The molecule has 2 aliphatic rings. The number of aliphatic hydroxyl groups is 1. The molecule has 1 saturated carbocycles. The van der Waals surface area contributed by atoms with E-state index in [0.717, 1.165) is 45.1 Å². The summed E-state index contributed by atoms with van der Waals surface area (Å²) in [5, 5.41) is 13.8. The van der Waals surface area contributed by atoms with Gasteiger partial charge in [0.2, 0.25) is 10.0 Å². The minimum absolute atomic E-state index is 0.366. The van der Waals surface area contributed by atoms with Gasteiger partial charge in [0.05, 0.1) is 11.9 Å². The van der Waals surface area contributed by atoms with Crippen LogP contribution in [0.15, 0.2) is 0 Å². The maximum absolute atomic E-state index is 11.6. The lowest BCUT2D eigenvalue weighted by Gasteiger charge is -2.34. The van der Waals surface area contributed by atoms with Gasteiger partial charge in [0.25, 0.3) is 0 Å². The maximum Gasteiger partial charge on any atom is 0.211 e. The van der Waals surface area contributed by atoms with E-state index in [1.54, 1.807) is 4.31 Å². The van der Waals surface area contributed by atoms with Crippen LogP contribution in [-0.2, 0) is 10.0 Å². The van der Waals surface area contributed by atoms with Crippen molar-refractivity contribution in [2.75, 3.05) is 32.4 Å². The molecule has 1 heterocycles. The van der Waals surface area contributed by atoms with Crippen molar-refractivity contribution in [3.63, 3.8) is 0 Å². The van der Waals surface area contributed by atoms with Crippen molar-refractivity contribution >= 4 is 10.0 Å². The first-order valence-electron chi connectivity index (χ1n) is 7.77. The smallest absolute Gasteiger partial charge is 0.211 e. The maximum atomic E-state index is 11.6. The Morgan fingerprint density at radius 2 is 1.95 bits per heavy atom. The van der Waals surface area contributed by atoms with Crippen LogP contribution in [0.5, 0.6) is 0 Å². The predicted molar refractivity (Wildman–Crippen MR) is 80.0 cm³/mol. The van der Waals surface area contributed by atoms with Crippen LogP contribution >= 0.6 is 0 Å². The summed E-state index contributed by atoms with van der Waals surface area (Å²) in [6, 6.07) is 0. The minimum atomic E-state index is -3.06. The lowest BCUT2D eigenvalue weighted by atomic mass is 9.85. The van der Waals surface area contributed by atoms with Gasteiger partial charge in [-0.1, -0.05) is 19.3 Å². The molecule has 0 bridgehead atoms. The molecule has 0 aromatic rings. The second-order valence-corrected chi connectivity index (χ2v) is 8.53. The Labute approximate surface area is 122 Å². The van der Waals surface area contributed by atoms with Crippen molar-refractivity contribution in [2.45, 2.75) is 50.5 Å². The molecule has 0 amide bonds. The van der Waals surface area contributed by atoms with Gasteiger partial charge in [-0.3, -0.25) is 0 Å². The molecule has 1 aliphatic carbocycles. The third kappa shape index (κ3) is 4.69. The fourth-order valence-corrected chi connectivity index (χ4v) is 4.33. The zero-order valence-corrected chi connectivity index (χ0v) is 13.3. The number of piperidine rings is 1. The highest BCUT2D eigenvalue weighted by atomic mass is 32.2. The van der Waals surface area contributed by atoms with Gasteiger partial charge in [-0.25, -0.2) is 12.7 Å². The molecule has 20 heavy (non-hydrogen) atoms. The summed E-state index contributed by atoms with van der Waals surface area (Å²) in [5.74, 6) is 0.366. The topological polar surface area (TPSA) is 69.6 Å². The molecule has 0 radical (unpaired) electrons. The van der Waals surface area contributed by atoms with Crippen molar-refractivity contribution in [3.8, 4) is 0 Å². The van der Waals surface area contributed by atoms with Gasteiger partial charge in [0, 0.05) is 19.6 Å². The molecule has 0 aromatic heterocycles. The van der Waals surface area contributed by atoms with E-state index in [4.69, 9.17) is 0 Å². The monoisotopic (exact) mass is 304 g/mol. The molecule has 118 valence electrons. The van der Waals surface area contributed by atoms with Gasteiger partial charge >= 0.3 is 0 Å². The fourth-order valence-electron chi connectivity index (χ4n) is 3.39. The van der Waals surface area contributed by atoms with Crippen LogP contribution in [0.1, 0.15) is 44.9 Å². The lowest BCUT2D eigenvalue weighted by Crippen LogP contribution is -2.46. The second-order valence-electron chi connectivity index (χ2n) is 6.55. The number of nitrogens with one attached hydrogen (secondary N) is 1. The van der Waals surface area contributed by atoms with Crippen molar-refractivity contribution in [3.05, 3.63) is 0 Å². The summed E-state index contributed by atoms with van der Waals surface area (Å²) in [7, 11) is -3.06. The Kier molecular flexibility index (Phi) is 5.45. The van der Waals surface area contributed by atoms with Crippen LogP contribution in [0.2, 0.25) is 0 Å². The number of hydrogen-bond donors (Lipinski definition) is 2. The fraction of sp³-hybridized carbons (Fsp3) is 1.00. The quantitative estimate of drug-likeness (QED) is 0.793. The number of sulfonamides is 1. The van der Waals surface area contributed by atoms with Gasteiger partial charge in [0.15, 0.2) is 0 Å². The number of rotatable bonds is 5. The first-order chi connectivity index (χ1) is 9.39. The Hall–Kier alpha value is -0.170. The molecular formula is C14H28N2O3S. The molecule has 1 saturated heterocycles. The highest BCUT2D eigenvalue weighted by Crippen LogP contribution is 2.27. The molecule has 0 aromatic carbocycles. The van der Waals surface area contributed by atoms with Gasteiger partial charge in [-0.15, -0.1) is 0 Å². The average molecular weight is 304 g/mol. The minimum Gasteiger partial charge on any atom is -0.389 e. The SMILES string of the molecule is CS(=O)(=O)N1CCCC(CNCC2(O)CCCCC2)C1. The van der Waals surface area contributed by atoms with Gasteiger partial charge in [-0.05, 0) is 38.1 Å². The number of nitrogens with zero attached hydrogens (tertiary/aromatic N) is 1. The molecule has 2 rings (SSSR count). The molecule has 2 N–H and O–H groups in total. The van der Waals surface area contributed by atoms with E-state index in [9.17, 15) is 13.5 Å². The van der Waals surface area contributed by atoms with Gasteiger partial charge in [0.1, 0.15) is 0 Å². The third-order valence-corrected chi connectivity index (χ3v) is 5.89. The Balaban J connectivity index is 1.73. The Morgan fingerprint density at radius 3 is 2.60 bits per heavy atom. The molecule has 1 unspecified atom stereocenters. The third-order valence-electron chi connectivity index (χ3n) is 4.62. The van der Waals surface area contributed by atoms with E-state index >= 15 is 0 Å². The lowest BCUT2D eigenvalue weighted by molar-refractivity contribution is 0.00391. The van der Waals surface area contributed by atoms with Crippen LogP contribution in [0, 0.1) is 5.92 Å². The van der Waals surface area contributed by atoms with E-state index in [2.05, 4.69) is 5.32 Å². The molecule has 1 atom stereocenters. The van der Waals surface area contributed by atoms with Crippen molar-refractivity contribution in [1.29, 1.82) is 0 Å². The Bertz CT molecular complexity index is 405. The first-order valence-corrected chi connectivity index (χ1v) is 9.62. The molecule has 1 aliphatic heterocycles. The standard InChI is InChI=1S/C14H28N2O3S/c1-20(18,19)16-9-5-6-13(11-16)10-15-12-14(17)7-3-2-4-8-14/h13,15,17H,2-12H2,1H3. The van der Waals surface area contributed by atoms with Crippen molar-refractivity contribution in [1.82, 2.24) is 9.62 Å². The normalized spacial score (nSPS) is 28.4. The van der Waals surface area contributed by atoms with Crippen LogP contribution in [0.4, 0.5) is 0 Å². The summed E-state index contributed by atoms with van der Waals surface area (Å²) < 4.78 is 24.7. The van der Waals surface area contributed by atoms with E-state index in [1.165, 1.54) is 12.7 Å². The highest BCUT2D eigenvalue weighted by molar-refractivity contribution is 7.88. The van der Waals surface area contributed by atoms with Crippen molar-refractivity contribution in [2.24, 2.45) is 5.92 Å². The summed E-state index contributed by atoms with van der Waals surface area (Å²) >= 11 is 0. The largest absolute Gasteiger partial charge is 0.389 e. The first kappa shape index (κ1) is 16.2. The highest BCUT2D eigenvalue weighted by Gasteiger charge is 2.30. The van der Waals surface area contributed by atoms with Crippen LogP contribution in [0.25, 0.3) is 0 Å². The molecule has 5 nitrogen and oxygen atoms in total. The summed E-state index contributed by atoms with van der Waals surface area (Å²) in [6.45, 7) is 2.71. The second kappa shape index (κ2) is 6.73. The molecule has 2 fully saturated rings. The van der Waals surface area contributed by atoms with Crippen LogP contribution in [0.3, 0.4) is 0 Å². The summed E-state index contributed by atoms with van der Waals surface area (Å²) in [5.41, 5.74) is -0.538. The Morgan fingerprint density at radius 1 is 1.25 bits per heavy atom. The predicted octanol–water partition coefficient (Wildman–Crippen LogP) is 0.943. The van der Waals surface area contributed by atoms with Crippen LogP contribution in [-0.4, -0.2) is 55.9 Å². The summed E-state index contributed by atoms with van der Waals surface area (Å²) in [6.07, 6.45) is 8.52. The van der Waals surface area contributed by atoms with E-state index < -0.39 is 15.6 Å². The van der Waals surface area contributed by atoms with E-state index in [0.29, 0.717) is 25.6 Å². The van der Waals surface area contributed by atoms with E-state index in [-0.39, 0.29) is 0 Å². The van der Waals surface area contributed by atoms with E-state index in [1.807, 2.05) is 0 Å². The molecular weight excluding hydrogens is 276 g/mol. The molecule has 0 spiro atoms. The molecule has 6 heteroatoms. The number of hydrogen-bond acceptors (Lipinski definition) is 4. The summed E-state index contributed by atoms with van der Waals surface area (Å²) in [4.78, 5) is 0. The van der Waals surface area contributed by atoms with Crippen LogP contribution < -0.4 is 5.32 Å². The average Bonchev–Trinajstić information content (AvgIpc) is 2.39. The zero-order chi connectivity index (χ0) is 14.6.